The van der Waals surface area contributed by atoms with Crippen LogP contribution >= 0.6 is 11.8 Å². The highest BCUT2D eigenvalue weighted by molar-refractivity contribution is 7.99. The number of carboxylic acid groups (broad SMARTS) is 1. The lowest BCUT2D eigenvalue weighted by Crippen LogP contribution is -2.46. The van der Waals surface area contributed by atoms with Gasteiger partial charge in [0.2, 0.25) is 5.91 Å². The zero-order valence-corrected chi connectivity index (χ0v) is 15.1. The first-order valence-electron chi connectivity index (χ1n) is 8.21. The zero-order valence-electron chi connectivity index (χ0n) is 14.3. The van der Waals surface area contributed by atoms with Crippen LogP contribution in [0.4, 0.5) is 0 Å². The van der Waals surface area contributed by atoms with Crippen molar-refractivity contribution in [2.75, 3.05) is 25.5 Å². The van der Waals surface area contributed by atoms with E-state index in [9.17, 15) is 14.7 Å². The van der Waals surface area contributed by atoms with Crippen molar-refractivity contribution in [1.82, 2.24) is 5.32 Å². The Hall–Kier alpha value is -1.53. The summed E-state index contributed by atoms with van der Waals surface area (Å²) in [5.74, 6) is -0.272. The van der Waals surface area contributed by atoms with Gasteiger partial charge in [-0.1, -0.05) is 6.07 Å². The van der Waals surface area contributed by atoms with Crippen molar-refractivity contribution in [3.63, 3.8) is 0 Å². The predicted molar refractivity (Wildman–Crippen MR) is 94.4 cm³/mol. The molecule has 1 saturated heterocycles. The third-order valence-electron chi connectivity index (χ3n) is 4.60. The van der Waals surface area contributed by atoms with E-state index in [1.165, 1.54) is 11.1 Å². The Morgan fingerprint density at radius 1 is 1.25 bits per heavy atom. The number of ether oxygens (including phenoxy) is 1. The number of rotatable bonds is 7. The monoisotopic (exact) mass is 351 g/mol. The van der Waals surface area contributed by atoms with Crippen molar-refractivity contribution in [1.29, 1.82) is 0 Å². The molecular weight excluding hydrogens is 326 g/mol. The maximum absolute atomic E-state index is 12.0. The molecule has 2 N–H and O–H groups in total. The van der Waals surface area contributed by atoms with Gasteiger partial charge in [0.15, 0.2) is 0 Å². The van der Waals surface area contributed by atoms with Crippen LogP contribution in [0.5, 0.6) is 0 Å². The molecule has 132 valence electrons. The van der Waals surface area contributed by atoms with Crippen LogP contribution in [-0.2, 0) is 14.3 Å². The fourth-order valence-corrected chi connectivity index (χ4v) is 3.60. The van der Waals surface area contributed by atoms with Gasteiger partial charge in [0.25, 0.3) is 0 Å². The van der Waals surface area contributed by atoms with Crippen LogP contribution in [0, 0.1) is 19.3 Å². The Morgan fingerprint density at radius 2 is 1.96 bits per heavy atom. The molecule has 1 aliphatic heterocycles. The summed E-state index contributed by atoms with van der Waals surface area (Å²) < 4.78 is 5.23. The van der Waals surface area contributed by atoms with Gasteiger partial charge in [-0.05, 0) is 49.9 Å². The van der Waals surface area contributed by atoms with Crippen molar-refractivity contribution in [3.8, 4) is 0 Å². The summed E-state index contributed by atoms with van der Waals surface area (Å²) >= 11 is 1.64. The van der Waals surface area contributed by atoms with E-state index in [0.717, 1.165) is 4.90 Å². The van der Waals surface area contributed by atoms with Gasteiger partial charge in [0.05, 0.1) is 5.41 Å². The lowest BCUT2D eigenvalue weighted by Gasteiger charge is -2.33. The molecule has 1 aromatic rings. The quantitative estimate of drug-likeness (QED) is 0.739. The summed E-state index contributed by atoms with van der Waals surface area (Å²) in [5, 5.41) is 12.3. The smallest absolute Gasteiger partial charge is 0.311 e. The molecule has 1 amide bonds. The number of carbonyl (C=O) groups is 2. The highest BCUT2D eigenvalue weighted by Crippen LogP contribution is 2.30. The van der Waals surface area contributed by atoms with Gasteiger partial charge in [-0.25, -0.2) is 0 Å². The molecule has 1 aromatic carbocycles. The molecule has 2 rings (SSSR count). The van der Waals surface area contributed by atoms with Gasteiger partial charge in [0, 0.05) is 36.8 Å². The largest absolute Gasteiger partial charge is 0.481 e. The SMILES string of the molecule is Cc1ccc(SCCC(=O)NCC2(C(=O)O)CCOCC2)cc1C. The summed E-state index contributed by atoms with van der Waals surface area (Å²) in [6.45, 7) is 5.20. The Bertz CT molecular complexity index is 597. The standard InChI is InChI=1S/C18H25NO4S/c1-13-3-4-15(11-14(13)2)24-10-5-16(20)19-12-18(17(21)22)6-8-23-9-7-18/h3-4,11H,5-10,12H2,1-2H3,(H,19,20)(H,21,22). The summed E-state index contributed by atoms with van der Waals surface area (Å²) in [4.78, 5) is 24.7. The molecule has 0 radical (unpaired) electrons. The van der Waals surface area contributed by atoms with Gasteiger partial charge >= 0.3 is 5.97 Å². The second-order valence-corrected chi connectivity index (χ2v) is 7.49. The summed E-state index contributed by atoms with van der Waals surface area (Å²) in [6, 6.07) is 6.27. The molecule has 0 aromatic heterocycles. The van der Waals surface area contributed by atoms with Crippen LogP contribution in [0.15, 0.2) is 23.1 Å². The van der Waals surface area contributed by atoms with Crippen molar-refractivity contribution < 1.29 is 19.4 Å². The van der Waals surface area contributed by atoms with E-state index in [1.807, 2.05) is 0 Å². The second-order valence-electron chi connectivity index (χ2n) is 6.32. The molecule has 0 atom stereocenters. The maximum atomic E-state index is 12.0. The Labute approximate surface area is 147 Å². The predicted octanol–water partition coefficient (Wildman–Crippen LogP) is 2.78. The molecule has 24 heavy (non-hydrogen) atoms. The minimum absolute atomic E-state index is 0.0987. The van der Waals surface area contributed by atoms with Crippen molar-refractivity contribution >= 4 is 23.6 Å². The number of carbonyl (C=O) groups excluding carboxylic acids is 1. The lowest BCUT2D eigenvalue weighted by atomic mass is 9.80. The number of hydrogen-bond acceptors (Lipinski definition) is 4. The molecule has 5 nitrogen and oxygen atoms in total. The Morgan fingerprint density at radius 3 is 2.58 bits per heavy atom. The average Bonchev–Trinajstić information content (AvgIpc) is 2.57. The summed E-state index contributed by atoms with van der Waals surface area (Å²) in [5.41, 5.74) is 1.62. The fraction of sp³-hybridized carbons (Fsp3) is 0.556. The number of amides is 1. The van der Waals surface area contributed by atoms with Crippen molar-refractivity contribution in [3.05, 3.63) is 29.3 Å². The summed E-state index contributed by atoms with van der Waals surface area (Å²) in [7, 11) is 0. The van der Waals surface area contributed by atoms with E-state index in [0.29, 0.717) is 38.2 Å². The minimum Gasteiger partial charge on any atom is -0.481 e. The van der Waals surface area contributed by atoms with Crippen LogP contribution in [0.1, 0.15) is 30.4 Å². The van der Waals surface area contributed by atoms with Crippen molar-refractivity contribution in [2.45, 2.75) is 38.0 Å². The third-order valence-corrected chi connectivity index (χ3v) is 5.60. The van der Waals surface area contributed by atoms with Gasteiger partial charge < -0.3 is 15.2 Å². The fourth-order valence-electron chi connectivity index (χ4n) is 2.65. The normalized spacial score (nSPS) is 16.6. The molecule has 6 heteroatoms. The molecule has 1 heterocycles. The number of benzene rings is 1. The third kappa shape index (κ3) is 4.98. The number of nitrogens with one attached hydrogen (secondary N) is 1. The average molecular weight is 351 g/mol. The lowest BCUT2D eigenvalue weighted by molar-refractivity contribution is -0.154. The highest BCUT2D eigenvalue weighted by atomic mass is 32.2. The van der Waals surface area contributed by atoms with Gasteiger partial charge in [0.1, 0.15) is 0 Å². The molecule has 0 unspecified atom stereocenters. The summed E-state index contributed by atoms with van der Waals surface area (Å²) in [6.07, 6.45) is 1.27. The van der Waals surface area contributed by atoms with Crippen LogP contribution in [-0.4, -0.2) is 42.5 Å². The molecule has 0 saturated carbocycles. The second kappa shape index (κ2) is 8.53. The van der Waals surface area contributed by atoms with Gasteiger partial charge in [-0.3, -0.25) is 9.59 Å². The number of hydrogen-bond donors (Lipinski definition) is 2. The van der Waals surface area contributed by atoms with E-state index in [-0.39, 0.29) is 12.5 Å². The first-order chi connectivity index (χ1) is 11.4. The molecule has 0 aliphatic carbocycles. The number of thioether (sulfide) groups is 1. The van der Waals surface area contributed by atoms with E-state index in [2.05, 4.69) is 37.4 Å². The first kappa shape index (κ1) is 18.8. The number of aryl methyl sites for hydroxylation is 2. The Balaban J connectivity index is 1.76. The number of carboxylic acids is 1. The Kier molecular flexibility index (Phi) is 6.69. The molecule has 0 spiro atoms. The zero-order chi connectivity index (χ0) is 17.6. The van der Waals surface area contributed by atoms with Crippen LogP contribution in [0.25, 0.3) is 0 Å². The molecule has 0 bridgehead atoms. The first-order valence-corrected chi connectivity index (χ1v) is 9.19. The van der Waals surface area contributed by atoms with Crippen LogP contribution < -0.4 is 5.32 Å². The van der Waals surface area contributed by atoms with E-state index < -0.39 is 11.4 Å². The topological polar surface area (TPSA) is 75.6 Å². The number of aliphatic carboxylic acids is 1. The molecule has 1 fully saturated rings. The van der Waals surface area contributed by atoms with E-state index >= 15 is 0 Å². The van der Waals surface area contributed by atoms with E-state index in [4.69, 9.17) is 4.74 Å². The van der Waals surface area contributed by atoms with Gasteiger partial charge in [-0.2, -0.15) is 0 Å². The molecule has 1 aliphatic rings. The van der Waals surface area contributed by atoms with Crippen LogP contribution in [0.3, 0.4) is 0 Å². The van der Waals surface area contributed by atoms with Crippen molar-refractivity contribution in [2.24, 2.45) is 5.41 Å². The van der Waals surface area contributed by atoms with E-state index in [1.54, 1.807) is 11.8 Å². The minimum atomic E-state index is -0.880. The van der Waals surface area contributed by atoms with Crippen LogP contribution in [0.2, 0.25) is 0 Å². The van der Waals surface area contributed by atoms with Gasteiger partial charge in [-0.15, -0.1) is 11.8 Å². The maximum Gasteiger partial charge on any atom is 0.311 e. The molecular formula is C18H25NO4S. The highest BCUT2D eigenvalue weighted by Gasteiger charge is 2.40.